The maximum absolute atomic E-state index is 10.4. The molecule has 1 aliphatic rings. The molecule has 6 nitrogen and oxygen atoms in total. The summed E-state index contributed by atoms with van der Waals surface area (Å²) in [6.07, 6.45) is 5.05. The Kier molecular flexibility index (Phi) is 2.03. The fourth-order valence-electron chi connectivity index (χ4n) is 1.41. The Bertz CT molecular complexity index is 405. The quantitative estimate of drug-likeness (QED) is 0.553. The van der Waals surface area contributed by atoms with Crippen LogP contribution in [0.5, 0.6) is 0 Å². The smallest absolute Gasteiger partial charge is 0.363 e. The van der Waals surface area contributed by atoms with Crippen LogP contribution < -0.4 is 10.6 Å². The normalized spacial score (nSPS) is 16.9. The predicted molar refractivity (Wildman–Crippen MR) is 53.7 cm³/mol. The summed E-state index contributed by atoms with van der Waals surface area (Å²) in [4.78, 5) is 13.7. The minimum Gasteiger partial charge on any atom is -0.364 e. The lowest BCUT2D eigenvalue weighted by Gasteiger charge is -2.24. The van der Waals surface area contributed by atoms with Gasteiger partial charge in [-0.3, -0.25) is 0 Å². The van der Waals surface area contributed by atoms with Crippen LogP contribution in [0.2, 0.25) is 0 Å². The summed E-state index contributed by atoms with van der Waals surface area (Å²) in [6.45, 7) is 1.93. The van der Waals surface area contributed by atoms with E-state index in [1.54, 1.807) is 18.5 Å². The van der Waals surface area contributed by atoms with Crippen molar-refractivity contribution in [3.63, 3.8) is 0 Å². The van der Waals surface area contributed by atoms with Gasteiger partial charge >= 0.3 is 5.82 Å². The zero-order valence-electron chi connectivity index (χ0n) is 8.10. The van der Waals surface area contributed by atoms with Crippen molar-refractivity contribution in [3.8, 4) is 0 Å². The van der Waals surface area contributed by atoms with Gasteiger partial charge in [-0.15, -0.1) is 0 Å². The summed E-state index contributed by atoms with van der Waals surface area (Å²) in [6, 6.07) is 3.07. The van der Waals surface area contributed by atoms with Gasteiger partial charge < -0.3 is 20.7 Å². The molecule has 0 saturated carbocycles. The van der Waals surface area contributed by atoms with E-state index in [0.717, 1.165) is 5.56 Å². The molecule has 2 heterocycles. The monoisotopic (exact) mass is 206 g/mol. The summed E-state index contributed by atoms with van der Waals surface area (Å²) in [5.74, 6) is -0.145. The van der Waals surface area contributed by atoms with Crippen LogP contribution in [0.15, 0.2) is 30.7 Å². The Morgan fingerprint density at radius 1 is 1.40 bits per heavy atom. The summed E-state index contributed by atoms with van der Waals surface area (Å²) < 4.78 is 0. The number of nitrogens with one attached hydrogen (secondary N) is 2. The Morgan fingerprint density at radius 3 is 2.53 bits per heavy atom. The Morgan fingerprint density at radius 2 is 2.07 bits per heavy atom. The van der Waals surface area contributed by atoms with Crippen LogP contribution in [0.4, 0.5) is 5.82 Å². The molecule has 78 valence electrons. The first kappa shape index (κ1) is 9.45. The molecule has 6 heteroatoms. The molecule has 1 aromatic rings. The van der Waals surface area contributed by atoms with E-state index in [0.29, 0.717) is 0 Å². The van der Waals surface area contributed by atoms with Crippen molar-refractivity contribution < 1.29 is 4.92 Å². The van der Waals surface area contributed by atoms with E-state index in [2.05, 4.69) is 15.6 Å². The summed E-state index contributed by atoms with van der Waals surface area (Å²) >= 11 is 0. The average molecular weight is 206 g/mol. The number of nitrogens with zero attached hydrogens (tertiary/aromatic N) is 2. The number of nitro groups is 1. The van der Waals surface area contributed by atoms with Crippen molar-refractivity contribution in [1.29, 1.82) is 0 Å². The molecule has 15 heavy (non-hydrogen) atoms. The van der Waals surface area contributed by atoms with Crippen LogP contribution in [-0.2, 0) is 5.66 Å². The number of aromatic nitrogens is 1. The number of hydrogen-bond acceptors (Lipinski definition) is 5. The van der Waals surface area contributed by atoms with Crippen LogP contribution in [0, 0.1) is 10.1 Å². The molecule has 1 aromatic heterocycles. The molecule has 0 spiro atoms. The van der Waals surface area contributed by atoms with Crippen LogP contribution in [-0.4, -0.2) is 9.91 Å². The van der Waals surface area contributed by atoms with E-state index in [4.69, 9.17) is 0 Å². The van der Waals surface area contributed by atoms with Gasteiger partial charge in [-0.25, -0.2) is 0 Å². The van der Waals surface area contributed by atoms with Gasteiger partial charge in [0.1, 0.15) is 11.9 Å². The molecule has 0 radical (unpaired) electrons. The minimum absolute atomic E-state index is 0.145. The molecular weight excluding hydrogens is 196 g/mol. The third kappa shape index (κ3) is 1.61. The van der Waals surface area contributed by atoms with Crippen LogP contribution in [0.1, 0.15) is 12.5 Å². The second-order valence-electron chi connectivity index (χ2n) is 3.41. The molecule has 1 aliphatic heterocycles. The molecule has 0 aromatic carbocycles. The summed E-state index contributed by atoms with van der Waals surface area (Å²) in [5.41, 5.74) is 0.417. The lowest BCUT2D eigenvalue weighted by molar-refractivity contribution is -0.389. The van der Waals surface area contributed by atoms with Crippen LogP contribution in [0.25, 0.3) is 0 Å². The highest BCUT2D eigenvalue weighted by Crippen LogP contribution is 2.20. The highest BCUT2D eigenvalue weighted by atomic mass is 16.6. The van der Waals surface area contributed by atoms with Crippen molar-refractivity contribution in [2.75, 3.05) is 0 Å². The molecule has 0 unspecified atom stereocenters. The van der Waals surface area contributed by atoms with Gasteiger partial charge in [-0.1, -0.05) is 0 Å². The first-order chi connectivity index (χ1) is 7.12. The lowest BCUT2D eigenvalue weighted by atomic mass is 10.1. The highest BCUT2D eigenvalue weighted by molar-refractivity contribution is 5.29. The van der Waals surface area contributed by atoms with Crippen molar-refractivity contribution in [1.82, 2.24) is 15.6 Å². The summed E-state index contributed by atoms with van der Waals surface area (Å²) in [5, 5.41) is 16.6. The molecule has 0 bridgehead atoms. The number of pyridine rings is 1. The predicted octanol–water partition coefficient (Wildman–Crippen LogP) is 0.826. The minimum atomic E-state index is -0.514. The maximum atomic E-state index is 10.4. The highest BCUT2D eigenvalue weighted by Gasteiger charge is 2.28. The molecule has 2 N–H and O–H groups in total. The van der Waals surface area contributed by atoms with Crippen molar-refractivity contribution in [2.24, 2.45) is 0 Å². The second kappa shape index (κ2) is 3.23. The first-order valence-corrected chi connectivity index (χ1v) is 4.43. The van der Waals surface area contributed by atoms with Gasteiger partial charge in [0.2, 0.25) is 0 Å². The maximum Gasteiger partial charge on any atom is 0.363 e. The third-order valence-electron chi connectivity index (χ3n) is 2.34. The summed E-state index contributed by atoms with van der Waals surface area (Å²) in [7, 11) is 0. The topological polar surface area (TPSA) is 80.1 Å². The van der Waals surface area contributed by atoms with Crippen LogP contribution in [0.3, 0.4) is 0 Å². The molecule has 0 fully saturated rings. The Hall–Kier alpha value is -2.11. The van der Waals surface area contributed by atoms with E-state index in [-0.39, 0.29) is 5.82 Å². The van der Waals surface area contributed by atoms with Crippen molar-refractivity contribution in [2.45, 2.75) is 12.6 Å². The van der Waals surface area contributed by atoms with E-state index >= 15 is 0 Å². The van der Waals surface area contributed by atoms with Gasteiger partial charge in [0, 0.05) is 24.0 Å². The zero-order valence-corrected chi connectivity index (χ0v) is 8.10. The average Bonchev–Trinajstić information content (AvgIpc) is 2.67. The van der Waals surface area contributed by atoms with Gasteiger partial charge in [0.05, 0.1) is 0 Å². The molecule has 0 aliphatic carbocycles. The van der Waals surface area contributed by atoms with E-state index < -0.39 is 10.6 Å². The third-order valence-corrected chi connectivity index (χ3v) is 2.34. The van der Waals surface area contributed by atoms with E-state index in [9.17, 15) is 10.1 Å². The van der Waals surface area contributed by atoms with Crippen molar-refractivity contribution in [3.05, 3.63) is 46.4 Å². The first-order valence-electron chi connectivity index (χ1n) is 4.43. The van der Waals surface area contributed by atoms with Gasteiger partial charge in [0.15, 0.2) is 0 Å². The lowest BCUT2D eigenvalue weighted by Crippen LogP contribution is -2.42. The number of hydrogen-bond donors (Lipinski definition) is 2. The Labute approximate surface area is 86.2 Å². The van der Waals surface area contributed by atoms with Gasteiger partial charge in [-0.05, 0) is 22.9 Å². The molecule has 2 rings (SSSR count). The molecule has 0 saturated heterocycles. The fourth-order valence-corrected chi connectivity index (χ4v) is 1.41. The largest absolute Gasteiger partial charge is 0.364 e. The molecule has 0 amide bonds. The SMILES string of the molecule is CC1(c2ccc([N+](=O)[O-])nc2)NC=CN1. The van der Waals surface area contributed by atoms with Crippen molar-refractivity contribution >= 4 is 5.82 Å². The molecule has 0 atom stereocenters. The van der Waals surface area contributed by atoms with E-state index in [1.165, 1.54) is 12.3 Å². The van der Waals surface area contributed by atoms with Gasteiger partial charge in [-0.2, -0.15) is 0 Å². The van der Waals surface area contributed by atoms with Gasteiger partial charge in [0.25, 0.3) is 0 Å². The Balaban J connectivity index is 2.27. The van der Waals surface area contributed by atoms with E-state index in [1.807, 2.05) is 6.92 Å². The number of rotatable bonds is 2. The fraction of sp³-hybridized carbons (Fsp3) is 0.222. The second-order valence-corrected chi connectivity index (χ2v) is 3.41. The zero-order chi connectivity index (χ0) is 10.9. The van der Waals surface area contributed by atoms with Crippen LogP contribution >= 0.6 is 0 Å². The standard InChI is InChI=1S/C9H10N4O2/c1-9(11-4-5-12-9)7-2-3-8(10-6-7)13(14)15/h2-6,11-12H,1H3. The molecular formula is C9H10N4O2.